The summed E-state index contributed by atoms with van der Waals surface area (Å²) in [4.78, 5) is 13.6. The highest BCUT2D eigenvalue weighted by molar-refractivity contribution is 7.10. The molecule has 1 aliphatic heterocycles. The van der Waals surface area contributed by atoms with Crippen LogP contribution in [-0.4, -0.2) is 17.8 Å². The molecule has 0 fully saturated rings. The lowest BCUT2D eigenvalue weighted by Gasteiger charge is -2.26. The lowest BCUT2D eigenvalue weighted by Crippen LogP contribution is -2.35. The second-order valence-corrected chi connectivity index (χ2v) is 6.09. The Morgan fingerprint density at radius 2 is 2.05 bits per heavy atom. The summed E-state index contributed by atoms with van der Waals surface area (Å²) in [5, 5.41) is 13.3. The van der Waals surface area contributed by atoms with Crippen molar-refractivity contribution in [1.29, 1.82) is 5.26 Å². The molecule has 0 saturated heterocycles. The first-order valence-electron chi connectivity index (χ1n) is 6.96. The maximum Gasteiger partial charge on any atom is 0.177 e. The number of carbonyl (C=O) groups is 1. The minimum Gasteiger partial charge on any atom is -0.316 e. The maximum atomic E-state index is 12.5. The molecule has 0 amide bonds. The van der Waals surface area contributed by atoms with E-state index in [2.05, 4.69) is 11.5 Å². The number of hydrazine groups is 1. The van der Waals surface area contributed by atoms with E-state index in [0.29, 0.717) is 12.1 Å². The van der Waals surface area contributed by atoms with Gasteiger partial charge in [-0.3, -0.25) is 4.79 Å². The van der Waals surface area contributed by atoms with Crippen LogP contribution < -0.4 is 5.43 Å². The first-order chi connectivity index (χ1) is 10.7. The van der Waals surface area contributed by atoms with Gasteiger partial charge >= 0.3 is 0 Å². The standard InChI is InChI=1S/C17H15N3OS/c1-20-14(16-8-5-9-22-16)10-15(21)13(11-18)17(19-20)12-6-3-2-4-7-12/h2-9,14,19H,10H2,1H3. The lowest BCUT2D eigenvalue weighted by molar-refractivity contribution is -0.116. The normalized spacial score (nSPS) is 19.5. The third-order valence-electron chi connectivity index (χ3n) is 3.71. The molecular weight excluding hydrogens is 294 g/mol. The van der Waals surface area contributed by atoms with Gasteiger partial charge in [0.05, 0.1) is 11.7 Å². The molecule has 5 heteroatoms. The van der Waals surface area contributed by atoms with Crippen molar-refractivity contribution in [2.24, 2.45) is 0 Å². The molecule has 2 aromatic rings. The van der Waals surface area contributed by atoms with Crippen LogP contribution >= 0.6 is 11.3 Å². The molecular formula is C17H15N3OS. The molecule has 0 radical (unpaired) electrons. The van der Waals surface area contributed by atoms with Gasteiger partial charge in [0.15, 0.2) is 5.78 Å². The predicted molar refractivity (Wildman–Crippen MR) is 86.6 cm³/mol. The molecule has 22 heavy (non-hydrogen) atoms. The number of nitrogens with one attached hydrogen (secondary N) is 1. The SMILES string of the molecule is CN1NC(c2ccccc2)=C(C#N)C(=O)CC1c1cccs1. The van der Waals surface area contributed by atoms with E-state index >= 15 is 0 Å². The molecule has 3 rings (SSSR count). The van der Waals surface area contributed by atoms with Crippen molar-refractivity contribution in [3.8, 4) is 6.07 Å². The summed E-state index contributed by atoms with van der Waals surface area (Å²) in [5.74, 6) is -0.128. The van der Waals surface area contributed by atoms with Gasteiger partial charge in [-0.25, -0.2) is 5.01 Å². The summed E-state index contributed by atoms with van der Waals surface area (Å²) in [6.45, 7) is 0. The Balaban J connectivity index is 2.03. The van der Waals surface area contributed by atoms with Gasteiger partial charge in [0.1, 0.15) is 11.6 Å². The number of rotatable bonds is 2. The van der Waals surface area contributed by atoms with Gasteiger partial charge in [-0.15, -0.1) is 11.3 Å². The fourth-order valence-corrected chi connectivity index (χ4v) is 3.44. The van der Waals surface area contributed by atoms with Crippen molar-refractivity contribution in [2.75, 3.05) is 7.05 Å². The number of thiophene rings is 1. The van der Waals surface area contributed by atoms with Crippen LogP contribution in [0.15, 0.2) is 53.4 Å². The molecule has 110 valence electrons. The van der Waals surface area contributed by atoms with Crippen LogP contribution in [0.5, 0.6) is 0 Å². The largest absolute Gasteiger partial charge is 0.316 e. The number of carbonyl (C=O) groups excluding carboxylic acids is 1. The first-order valence-corrected chi connectivity index (χ1v) is 7.84. The second kappa shape index (κ2) is 6.14. The Morgan fingerprint density at radius 1 is 1.27 bits per heavy atom. The molecule has 0 saturated carbocycles. The first kappa shape index (κ1) is 14.5. The van der Waals surface area contributed by atoms with E-state index in [9.17, 15) is 10.1 Å². The van der Waals surface area contributed by atoms with Crippen molar-refractivity contribution in [2.45, 2.75) is 12.5 Å². The molecule has 0 bridgehead atoms. The monoisotopic (exact) mass is 309 g/mol. The number of hydrogen-bond donors (Lipinski definition) is 1. The van der Waals surface area contributed by atoms with Gasteiger partial charge in [-0.2, -0.15) is 5.26 Å². The summed E-state index contributed by atoms with van der Waals surface area (Å²) < 4.78 is 0. The quantitative estimate of drug-likeness (QED) is 0.926. The van der Waals surface area contributed by atoms with Crippen molar-refractivity contribution in [3.05, 3.63) is 63.9 Å². The molecule has 2 heterocycles. The van der Waals surface area contributed by atoms with E-state index in [1.165, 1.54) is 0 Å². The van der Waals surface area contributed by atoms with Crippen LogP contribution in [0.4, 0.5) is 0 Å². The average Bonchev–Trinajstić information content (AvgIpc) is 3.03. The van der Waals surface area contributed by atoms with Crippen LogP contribution in [0.25, 0.3) is 5.70 Å². The number of Topliss-reactive ketones (excluding diaryl/α,β-unsaturated/α-hetero) is 1. The van der Waals surface area contributed by atoms with Crippen molar-refractivity contribution in [1.82, 2.24) is 10.4 Å². The van der Waals surface area contributed by atoms with Crippen LogP contribution in [0.2, 0.25) is 0 Å². The predicted octanol–water partition coefficient (Wildman–Crippen LogP) is 3.13. The second-order valence-electron chi connectivity index (χ2n) is 5.11. The summed E-state index contributed by atoms with van der Waals surface area (Å²) in [6.07, 6.45) is 0.295. The van der Waals surface area contributed by atoms with E-state index in [0.717, 1.165) is 10.4 Å². The highest BCUT2D eigenvalue weighted by Crippen LogP contribution is 2.32. The number of allylic oxidation sites excluding steroid dienone is 1. The van der Waals surface area contributed by atoms with Crippen molar-refractivity contribution >= 4 is 22.8 Å². The Kier molecular flexibility index (Phi) is 4.05. The number of hydrogen-bond acceptors (Lipinski definition) is 5. The minimum atomic E-state index is -0.128. The van der Waals surface area contributed by atoms with Crippen LogP contribution in [0, 0.1) is 11.3 Å². The molecule has 4 nitrogen and oxygen atoms in total. The highest BCUT2D eigenvalue weighted by atomic mass is 32.1. The molecule has 1 atom stereocenters. The van der Waals surface area contributed by atoms with Crippen LogP contribution in [0.3, 0.4) is 0 Å². The zero-order valence-electron chi connectivity index (χ0n) is 12.1. The van der Waals surface area contributed by atoms with Gasteiger partial charge in [0.2, 0.25) is 0 Å². The van der Waals surface area contributed by atoms with Crippen molar-refractivity contribution < 1.29 is 4.79 Å². The Bertz CT molecular complexity index is 744. The summed E-state index contributed by atoms with van der Waals surface area (Å²) >= 11 is 1.62. The molecule has 1 aromatic carbocycles. The van der Waals surface area contributed by atoms with Crippen LogP contribution in [0.1, 0.15) is 22.9 Å². The van der Waals surface area contributed by atoms with Gasteiger partial charge < -0.3 is 5.43 Å². The smallest absolute Gasteiger partial charge is 0.177 e. The highest BCUT2D eigenvalue weighted by Gasteiger charge is 2.30. The number of ketones is 1. The zero-order chi connectivity index (χ0) is 15.5. The van der Waals surface area contributed by atoms with Gasteiger partial charge in [0, 0.05) is 23.9 Å². The lowest BCUT2D eigenvalue weighted by atomic mass is 10.0. The summed E-state index contributed by atoms with van der Waals surface area (Å²) in [6, 6.07) is 15.5. The molecule has 1 N–H and O–H groups in total. The minimum absolute atomic E-state index is 0.0722. The third-order valence-corrected chi connectivity index (χ3v) is 4.68. The maximum absolute atomic E-state index is 12.5. The fourth-order valence-electron chi connectivity index (χ4n) is 2.57. The molecule has 1 aromatic heterocycles. The van der Waals surface area contributed by atoms with E-state index in [4.69, 9.17) is 0 Å². The molecule has 0 aliphatic carbocycles. The number of benzene rings is 1. The summed E-state index contributed by atoms with van der Waals surface area (Å²) in [7, 11) is 1.90. The Morgan fingerprint density at radius 3 is 2.68 bits per heavy atom. The van der Waals surface area contributed by atoms with E-state index in [-0.39, 0.29) is 17.4 Å². The van der Waals surface area contributed by atoms with Crippen LogP contribution in [-0.2, 0) is 4.79 Å². The number of nitrogens with zero attached hydrogens (tertiary/aromatic N) is 2. The topological polar surface area (TPSA) is 56.1 Å². The van der Waals surface area contributed by atoms with E-state index in [1.807, 2.05) is 59.9 Å². The van der Waals surface area contributed by atoms with Gasteiger partial charge in [-0.05, 0) is 11.4 Å². The van der Waals surface area contributed by atoms with Gasteiger partial charge in [0.25, 0.3) is 0 Å². The number of nitriles is 1. The third kappa shape index (κ3) is 2.67. The van der Waals surface area contributed by atoms with E-state index in [1.54, 1.807) is 11.3 Å². The van der Waals surface area contributed by atoms with E-state index < -0.39 is 0 Å². The molecule has 0 spiro atoms. The van der Waals surface area contributed by atoms with Gasteiger partial charge in [-0.1, -0.05) is 36.4 Å². The fraction of sp³-hybridized carbons (Fsp3) is 0.176. The molecule has 1 aliphatic rings. The average molecular weight is 309 g/mol. The zero-order valence-corrected chi connectivity index (χ0v) is 12.9. The van der Waals surface area contributed by atoms with Crippen molar-refractivity contribution in [3.63, 3.8) is 0 Å². The Hall–Kier alpha value is -2.42. The Labute approximate surface area is 133 Å². The summed E-state index contributed by atoms with van der Waals surface area (Å²) in [5.41, 5.74) is 4.85. The molecule has 1 unspecified atom stereocenters.